The molecule has 1 saturated heterocycles. The molecule has 2 aromatic carbocycles. The summed E-state index contributed by atoms with van der Waals surface area (Å²) in [7, 11) is 0. The van der Waals surface area contributed by atoms with Gasteiger partial charge < -0.3 is 14.6 Å². The monoisotopic (exact) mass is 476 g/mol. The van der Waals surface area contributed by atoms with E-state index in [9.17, 15) is 9.18 Å². The van der Waals surface area contributed by atoms with E-state index in [0.717, 1.165) is 60.5 Å². The Kier molecular flexibility index (Phi) is 6.36. The standard InChI is InChI=1S/C28H33FN4O2/c1-19(2)32-15-11-20(12-16-32)21-7-6-8-22(29)25(21)31-27(34)33-17-13-28(3,14-18-33)26-30-23-9-4-5-10-24(23)35-26/h4-11,19H,12-18H2,1-3H3,(H,31,34). The Morgan fingerprint density at radius 1 is 1.11 bits per heavy atom. The molecule has 2 amide bonds. The Balaban J connectivity index is 1.28. The van der Waals surface area contributed by atoms with Crippen molar-refractivity contribution in [3.05, 3.63) is 65.8 Å². The molecule has 5 rings (SSSR count). The number of likely N-dealkylation sites (tertiary alicyclic amines) is 1. The van der Waals surface area contributed by atoms with Crippen molar-refractivity contribution in [1.82, 2.24) is 14.8 Å². The first kappa shape index (κ1) is 23.5. The summed E-state index contributed by atoms with van der Waals surface area (Å²) in [5, 5.41) is 2.89. The van der Waals surface area contributed by atoms with Gasteiger partial charge in [-0.2, -0.15) is 0 Å². The second-order valence-electron chi connectivity index (χ2n) is 10.2. The van der Waals surface area contributed by atoms with Gasteiger partial charge >= 0.3 is 6.03 Å². The fourth-order valence-corrected chi connectivity index (χ4v) is 5.05. The van der Waals surface area contributed by atoms with Crippen LogP contribution in [0.25, 0.3) is 16.7 Å². The molecule has 1 aromatic heterocycles. The number of aromatic nitrogens is 1. The minimum absolute atomic E-state index is 0.242. The number of oxazole rings is 1. The number of carbonyl (C=O) groups is 1. The van der Waals surface area contributed by atoms with E-state index in [2.05, 4.69) is 37.1 Å². The smallest absolute Gasteiger partial charge is 0.321 e. The van der Waals surface area contributed by atoms with Crippen LogP contribution < -0.4 is 5.32 Å². The molecule has 0 saturated carbocycles. The normalized spacial score (nSPS) is 18.7. The third kappa shape index (κ3) is 4.69. The summed E-state index contributed by atoms with van der Waals surface area (Å²) in [5.41, 5.74) is 3.52. The number of amides is 2. The molecular formula is C28H33FN4O2. The molecule has 0 radical (unpaired) electrons. The van der Waals surface area contributed by atoms with E-state index in [-0.39, 0.29) is 17.1 Å². The molecule has 0 bridgehead atoms. The molecule has 0 spiro atoms. The van der Waals surface area contributed by atoms with Gasteiger partial charge in [0.1, 0.15) is 11.3 Å². The van der Waals surface area contributed by atoms with Gasteiger partial charge in [-0.15, -0.1) is 0 Å². The Morgan fingerprint density at radius 3 is 2.57 bits per heavy atom. The number of nitrogens with one attached hydrogen (secondary N) is 1. The molecule has 2 aliphatic rings. The largest absolute Gasteiger partial charge is 0.440 e. The minimum Gasteiger partial charge on any atom is -0.440 e. The van der Waals surface area contributed by atoms with E-state index in [0.29, 0.717) is 19.1 Å². The molecular weight excluding hydrogens is 443 g/mol. The molecule has 1 fully saturated rings. The van der Waals surface area contributed by atoms with Gasteiger partial charge in [0.15, 0.2) is 5.58 Å². The average Bonchev–Trinajstić information content (AvgIpc) is 3.31. The van der Waals surface area contributed by atoms with Gasteiger partial charge in [-0.05, 0) is 56.9 Å². The molecule has 0 unspecified atom stereocenters. The van der Waals surface area contributed by atoms with E-state index in [1.807, 2.05) is 30.3 Å². The number of anilines is 1. The predicted molar refractivity (Wildman–Crippen MR) is 137 cm³/mol. The lowest BCUT2D eigenvalue weighted by Crippen LogP contribution is -2.45. The van der Waals surface area contributed by atoms with E-state index >= 15 is 0 Å². The van der Waals surface area contributed by atoms with Gasteiger partial charge in [0.2, 0.25) is 5.89 Å². The van der Waals surface area contributed by atoms with Crippen molar-refractivity contribution in [3.63, 3.8) is 0 Å². The van der Waals surface area contributed by atoms with Crippen LogP contribution in [-0.2, 0) is 5.41 Å². The van der Waals surface area contributed by atoms with Crippen molar-refractivity contribution >= 4 is 28.4 Å². The Bertz CT molecular complexity index is 1220. The van der Waals surface area contributed by atoms with Gasteiger partial charge in [0.25, 0.3) is 0 Å². The topological polar surface area (TPSA) is 61.6 Å². The fourth-order valence-electron chi connectivity index (χ4n) is 5.05. The third-order valence-corrected chi connectivity index (χ3v) is 7.53. The second-order valence-corrected chi connectivity index (χ2v) is 10.2. The molecule has 1 N–H and O–H groups in total. The van der Waals surface area contributed by atoms with Gasteiger partial charge in [-0.3, -0.25) is 4.90 Å². The summed E-state index contributed by atoms with van der Waals surface area (Å²) >= 11 is 0. The van der Waals surface area contributed by atoms with Crippen molar-refractivity contribution in [1.29, 1.82) is 0 Å². The fraction of sp³-hybridized carbons (Fsp3) is 0.429. The Labute approximate surface area is 205 Å². The number of halogens is 1. The number of hydrogen-bond donors (Lipinski definition) is 1. The molecule has 0 atom stereocenters. The average molecular weight is 477 g/mol. The van der Waals surface area contributed by atoms with Crippen LogP contribution in [0, 0.1) is 5.82 Å². The maximum atomic E-state index is 14.9. The summed E-state index contributed by atoms with van der Waals surface area (Å²) in [6.07, 6.45) is 4.44. The zero-order valence-electron chi connectivity index (χ0n) is 20.7. The van der Waals surface area contributed by atoms with Crippen LogP contribution >= 0.6 is 0 Å². The minimum atomic E-state index is -0.406. The van der Waals surface area contributed by atoms with Gasteiger partial charge in [0.05, 0.1) is 5.69 Å². The molecule has 7 heteroatoms. The number of fused-ring (bicyclic) bond motifs is 1. The second kappa shape index (κ2) is 9.46. The highest BCUT2D eigenvalue weighted by Crippen LogP contribution is 2.37. The van der Waals surface area contributed by atoms with Crippen LogP contribution in [0.4, 0.5) is 14.9 Å². The van der Waals surface area contributed by atoms with Crippen LogP contribution in [0.5, 0.6) is 0 Å². The molecule has 3 heterocycles. The molecule has 0 aliphatic carbocycles. The highest BCUT2D eigenvalue weighted by molar-refractivity contribution is 5.93. The lowest BCUT2D eigenvalue weighted by atomic mass is 9.80. The maximum absolute atomic E-state index is 14.9. The number of hydrogen-bond acceptors (Lipinski definition) is 4. The summed E-state index contributed by atoms with van der Waals surface area (Å²) in [4.78, 5) is 22.0. The first-order valence-electron chi connectivity index (χ1n) is 12.5. The van der Waals surface area contributed by atoms with Crippen molar-refractivity contribution in [3.8, 4) is 0 Å². The lowest BCUT2D eigenvalue weighted by Gasteiger charge is -2.37. The molecule has 35 heavy (non-hydrogen) atoms. The maximum Gasteiger partial charge on any atom is 0.321 e. The summed E-state index contributed by atoms with van der Waals surface area (Å²) in [6.45, 7) is 9.36. The Hall–Kier alpha value is -3.19. The lowest BCUT2D eigenvalue weighted by molar-refractivity contribution is 0.162. The van der Waals surface area contributed by atoms with Crippen LogP contribution in [-0.4, -0.2) is 53.0 Å². The van der Waals surface area contributed by atoms with Crippen LogP contribution in [0.15, 0.2) is 53.0 Å². The number of benzene rings is 2. The quantitative estimate of drug-likeness (QED) is 0.498. The summed E-state index contributed by atoms with van der Waals surface area (Å²) < 4.78 is 20.9. The van der Waals surface area contributed by atoms with E-state index in [4.69, 9.17) is 9.40 Å². The predicted octanol–water partition coefficient (Wildman–Crippen LogP) is 6.05. The number of para-hydroxylation sites is 3. The van der Waals surface area contributed by atoms with Gasteiger partial charge in [-0.25, -0.2) is 14.2 Å². The number of nitrogens with zero attached hydrogens (tertiary/aromatic N) is 3. The van der Waals surface area contributed by atoms with Crippen LogP contribution in [0.1, 0.15) is 51.5 Å². The summed E-state index contributed by atoms with van der Waals surface area (Å²) in [6, 6.07) is 13.0. The zero-order valence-corrected chi connectivity index (χ0v) is 20.7. The van der Waals surface area contributed by atoms with Gasteiger partial charge in [0, 0.05) is 43.2 Å². The zero-order chi connectivity index (χ0) is 24.6. The molecule has 2 aliphatic heterocycles. The number of rotatable bonds is 4. The first-order chi connectivity index (χ1) is 16.8. The summed E-state index contributed by atoms with van der Waals surface area (Å²) in [5.74, 6) is 0.311. The first-order valence-corrected chi connectivity index (χ1v) is 12.5. The molecule has 3 aromatic rings. The van der Waals surface area contributed by atoms with Crippen LogP contribution in [0.2, 0.25) is 0 Å². The number of piperidine rings is 1. The highest BCUT2D eigenvalue weighted by Gasteiger charge is 2.37. The van der Waals surface area contributed by atoms with Crippen molar-refractivity contribution in [2.24, 2.45) is 0 Å². The molecule has 184 valence electrons. The van der Waals surface area contributed by atoms with Crippen LogP contribution in [0.3, 0.4) is 0 Å². The SMILES string of the molecule is CC(C)N1CC=C(c2cccc(F)c2NC(=O)N2CCC(C)(c3nc4ccccc4o3)CC2)CC1. The van der Waals surface area contributed by atoms with Crippen molar-refractivity contribution in [2.75, 3.05) is 31.5 Å². The highest BCUT2D eigenvalue weighted by atomic mass is 19.1. The van der Waals surface area contributed by atoms with E-state index in [1.54, 1.807) is 11.0 Å². The van der Waals surface area contributed by atoms with E-state index < -0.39 is 5.82 Å². The van der Waals surface area contributed by atoms with Gasteiger partial charge in [-0.1, -0.05) is 37.3 Å². The number of carbonyl (C=O) groups excluding carboxylic acids is 1. The van der Waals surface area contributed by atoms with E-state index in [1.165, 1.54) is 6.07 Å². The van der Waals surface area contributed by atoms with Crippen molar-refractivity contribution < 1.29 is 13.6 Å². The van der Waals surface area contributed by atoms with Crippen molar-refractivity contribution in [2.45, 2.75) is 51.5 Å². The molecule has 6 nitrogen and oxygen atoms in total. The third-order valence-electron chi connectivity index (χ3n) is 7.53. The number of urea groups is 1. The Morgan fingerprint density at radius 2 is 1.89 bits per heavy atom.